The second kappa shape index (κ2) is 6.38. The molecule has 3 heteroatoms. The van der Waals surface area contributed by atoms with E-state index in [0.717, 1.165) is 12.0 Å². The molecule has 0 radical (unpaired) electrons. The molecule has 0 aliphatic carbocycles. The Morgan fingerprint density at radius 2 is 2.00 bits per heavy atom. The molecule has 3 nitrogen and oxygen atoms in total. The van der Waals surface area contributed by atoms with Crippen molar-refractivity contribution in [2.24, 2.45) is 0 Å². The number of ether oxygens (including phenoxy) is 1. The quantitative estimate of drug-likeness (QED) is 0.848. The molecule has 96 valence electrons. The second-order valence-corrected chi connectivity index (χ2v) is 4.35. The third-order valence-electron chi connectivity index (χ3n) is 2.90. The van der Waals surface area contributed by atoms with Crippen LogP contribution in [-0.2, 0) is 18.1 Å². The summed E-state index contributed by atoms with van der Waals surface area (Å²) in [6.45, 7) is 3.07. The highest BCUT2D eigenvalue weighted by Gasteiger charge is 2.05. The third-order valence-corrected chi connectivity index (χ3v) is 2.90. The molecule has 0 aliphatic heterocycles. The number of hydrogen-bond acceptors (Lipinski definition) is 2. The maximum absolute atomic E-state index is 9.69. The van der Waals surface area contributed by atoms with Crippen molar-refractivity contribution >= 4 is 0 Å². The number of rotatable bonds is 6. The predicted molar refractivity (Wildman–Crippen MR) is 70.9 cm³/mol. The molecule has 1 aromatic heterocycles. The van der Waals surface area contributed by atoms with E-state index in [0.29, 0.717) is 13.3 Å². The van der Waals surface area contributed by atoms with Crippen LogP contribution in [0.3, 0.4) is 0 Å². The fourth-order valence-corrected chi connectivity index (χ4v) is 1.82. The van der Waals surface area contributed by atoms with Crippen molar-refractivity contribution in [3.63, 3.8) is 0 Å². The molecule has 0 spiro atoms. The predicted octanol–water partition coefficient (Wildman–Crippen LogP) is 3.11. The molecule has 0 saturated carbocycles. The zero-order chi connectivity index (χ0) is 12.8. The van der Waals surface area contributed by atoms with Gasteiger partial charge in [-0.2, -0.15) is 0 Å². The van der Waals surface area contributed by atoms with Crippen LogP contribution in [0, 0.1) is 0 Å². The van der Waals surface area contributed by atoms with Crippen LogP contribution in [0.5, 0.6) is 0 Å². The average molecular weight is 245 g/mol. The first-order valence-corrected chi connectivity index (χ1v) is 6.25. The van der Waals surface area contributed by atoms with E-state index in [9.17, 15) is 5.11 Å². The Balaban J connectivity index is 1.82. The molecule has 0 amide bonds. The third kappa shape index (κ3) is 3.45. The molecule has 0 saturated heterocycles. The van der Waals surface area contributed by atoms with E-state index in [-0.39, 0.29) is 6.10 Å². The van der Waals surface area contributed by atoms with E-state index in [1.807, 2.05) is 60.3 Å². The van der Waals surface area contributed by atoms with Crippen molar-refractivity contribution in [2.75, 3.05) is 0 Å². The van der Waals surface area contributed by atoms with Gasteiger partial charge in [0.1, 0.15) is 6.73 Å². The van der Waals surface area contributed by atoms with E-state index in [1.54, 1.807) is 0 Å². The van der Waals surface area contributed by atoms with Gasteiger partial charge in [0.2, 0.25) is 0 Å². The van der Waals surface area contributed by atoms with Crippen LogP contribution in [0.15, 0.2) is 48.8 Å². The summed E-state index contributed by atoms with van der Waals surface area (Å²) in [6.07, 6.45) is 4.22. The summed E-state index contributed by atoms with van der Waals surface area (Å²) in [5, 5.41) is 9.69. The maximum atomic E-state index is 9.69. The Kier molecular flexibility index (Phi) is 4.56. The molecular weight excluding hydrogens is 226 g/mol. The average Bonchev–Trinajstić information content (AvgIpc) is 2.88. The van der Waals surface area contributed by atoms with Crippen LogP contribution in [0.2, 0.25) is 0 Å². The molecule has 1 atom stereocenters. The molecular formula is C15H19NO2. The summed E-state index contributed by atoms with van der Waals surface area (Å²) in [6, 6.07) is 12.0. The minimum atomic E-state index is -0.375. The van der Waals surface area contributed by atoms with Crippen molar-refractivity contribution in [3.05, 3.63) is 59.9 Å². The Morgan fingerprint density at radius 1 is 1.22 bits per heavy atom. The zero-order valence-electron chi connectivity index (χ0n) is 10.6. The minimum Gasteiger partial charge on any atom is -0.388 e. The molecule has 1 N–H and O–H groups in total. The van der Waals surface area contributed by atoms with Gasteiger partial charge in [0.05, 0.1) is 12.7 Å². The van der Waals surface area contributed by atoms with Gasteiger partial charge in [-0.05, 0) is 23.6 Å². The number of nitrogens with zero attached hydrogens (tertiary/aromatic N) is 1. The first-order chi connectivity index (χ1) is 8.79. The lowest BCUT2D eigenvalue weighted by atomic mass is 10.1. The van der Waals surface area contributed by atoms with E-state index >= 15 is 0 Å². The molecule has 2 rings (SSSR count). The Hall–Kier alpha value is -1.58. The van der Waals surface area contributed by atoms with Gasteiger partial charge in [-0.15, -0.1) is 0 Å². The number of aromatic nitrogens is 1. The first-order valence-electron chi connectivity index (χ1n) is 6.25. The fraction of sp³-hybridized carbons (Fsp3) is 0.333. The van der Waals surface area contributed by atoms with Gasteiger partial charge in [-0.1, -0.05) is 37.3 Å². The van der Waals surface area contributed by atoms with Crippen LogP contribution >= 0.6 is 0 Å². The summed E-state index contributed by atoms with van der Waals surface area (Å²) in [5.41, 5.74) is 2.11. The topological polar surface area (TPSA) is 34.4 Å². The maximum Gasteiger partial charge on any atom is 0.122 e. The summed E-state index contributed by atoms with van der Waals surface area (Å²) >= 11 is 0. The van der Waals surface area contributed by atoms with Crippen molar-refractivity contribution < 1.29 is 9.84 Å². The smallest absolute Gasteiger partial charge is 0.122 e. The highest BCUT2D eigenvalue weighted by atomic mass is 16.5. The van der Waals surface area contributed by atoms with Gasteiger partial charge in [0, 0.05) is 12.4 Å². The monoisotopic (exact) mass is 245 g/mol. The highest BCUT2D eigenvalue weighted by Crippen LogP contribution is 2.16. The SMILES string of the molecule is CCC(O)c1ccn(COCc2ccccc2)c1. The molecule has 0 bridgehead atoms. The zero-order valence-corrected chi connectivity index (χ0v) is 10.6. The van der Waals surface area contributed by atoms with Crippen LogP contribution in [-0.4, -0.2) is 9.67 Å². The Morgan fingerprint density at radius 3 is 2.72 bits per heavy atom. The lowest BCUT2D eigenvalue weighted by Crippen LogP contribution is -2.00. The van der Waals surface area contributed by atoms with Crippen molar-refractivity contribution in [2.45, 2.75) is 32.8 Å². The van der Waals surface area contributed by atoms with Crippen molar-refractivity contribution in [3.8, 4) is 0 Å². The lowest BCUT2D eigenvalue weighted by molar-refractivity contribution is 0.0639. The lowest BCUT2D eigenvalue weighted by Gasteiger charge is -2.06. The normalized spacial score (nSPS) is 12.6. The van der Waals surface area contributed by atoms with Crippen LogP contribution in [0.25, 0.3) is 0 Å². The summed E-state index contributed by atoms with van der Waals surface area (Å²) in [7, 11) is 0. The minimum absolute atomic E-state index is 0.375. The van der Waals surface area contributed by atoms with Gasteiger partial charge in [0.25, 0.3) is 0 Å². The van der Waals surface area contributed by atoms with E-state index in [4.69, 9.17) is 4.74 Å². The van der Waals surface area contributed by atoms with Gasteiger partial charge >= 0.3 is 0 Å². The van der Waals surface area contributed by atoms with Gasteiger partial charge in [-0.3, -0.25) is 0 Å². The summed E-state index contributed by atoms with van der Waals surface area (Å²) in [5.74, 6) is 0. The molecule has 18 heavy (non-hydrogen) atoms. The second-order valence-electron chi connectivity index (χ2n) is 4.35. The highest BCUT2D eigenvalue weighted by molar-refractivity contribution is 5.14. The number of hydrogen-bond donors (Lipinski definition) is 1. The van der Waals surface area contributed by atoms with Crippen LogP contribution in [0.4, 0.5) is 0 Å². The fourth-order valence-electron chi connectivity index (χ4n) is 1.82. The standard InChI is InChI=1S/C15H19NO2/c1-2-15(17)14-8-9-16(10-14)12-18-11-13-6-4-3-5-7-13/h3-10,15,17H,2,11-12H2,1H3. The molecule has 0 fully saturated rings. The molecule has 1 unspecified atom stereocenters. The van der Waals surface area contributed by atoms with Crippen molar-refractivity contribution in [1.29, 1.82) is 0 Å². The summed E-state index contributed by atoms with van der Waals surface area (Å²) in [4.78, 5) is 0. The summed E-state index contributed by atoms with van der Waals surface area (Å²) < 4.78 is 7.56. The van der Waals surface area contributed by atoms with Gasteiger partial charge in [0.15, 0.2) is 0 Å². The van der Waals surface area contributed by atoms with Crippen LogP contribution in [0.1, 0.15) is 30.6 Å². The molecule has 2 aromatic rings. The van der Waals surface area contributed by atoms with Crippen molar-refractivity contribution in [1.82, 2.24) is 4.57 Å². The Bertz CT molecular complexity index is 464. The molecule has 1 heterocycles. The van der Waals surface area contributed by atoms with Crippen LogP contribution < -0.4 is 0 Å². The molecule has 0 aliphatic rings. The number of aliphatic hydroxyl groups is 1. The number of aliphatic hydroxyl groups excluding tert-OH is 1. The van der Waals surface area contributed by atoms with E-state index in [2.05, 4.69) is 0 Å². The largest absolute Gasteiger partial charge is 0.388 e. The van der Waals surface area contributed by atoms with E-state index in [1.165, 1.54) is 5.56 Å². The number of benzene rings is 1. The first kappa shape index (κ1) is 12.9. The Labute approximate surface area is 108 Å². The van der Waals surface area contributed by atoms with E-state index < -0.39 is 0 Å². The van der Waals surface area contributed by atoms with Gasteiger partial charge in [-0.25, -0.2) is 0 Å². The van der Waals surface area contributed by atoms with Gasteiger partial charge < -0.3 is 14.4 Å². The molecule has 1 aromatic carbocycles.